The summed E-state index contributed by atoms with van der Waals surface area (Å²) >= 11 is -0.483. The van der Waals surface area contributed by atoms with Gasteiger partial charge in [0.15, 0.2) is 0 Å². The van der Waals surface area contributed by atoms with Gasteiger partial charge >= 0.3 is 75.2 Å². The van der Waals surface area contributed by atoms with E-state index in [1.807, 2.05) is 30.3 Å². The first kappa shape index (κ1) is 8.58. The van der Waals surface area contributed by atoms with Crippen LogP contribution in [0.2, 0.25) is 4.47 Å². The quantitative estimate of drug-likeness (QED) is 0.808. The molecule has 11 heavy (non-hydrogen) atoms. The van der Waals surface area contributed by atoms with Gasteiger partial charge in [-0.25, -0.2) is 0 Å². The van der Waals surface area contributed by atoms with E-state index in [2.05, 4.69) is 0 Å². The molecule has 2 nitrogen and oxygen atoms in total. The Morgan fingerprint density at radius 2 is 2.00 bits per heavy atom. The number of benzene rings is 1. The third-order valence-corrected chi connectivity index (χ3v) is 3.95. The minimum atomic E-state index is -0.684. The Labute approximate surface area is 75.3 Å². The molecule has 0 unspecified atom stereocenters. The second kappa shape index (κ2) is 4.38. The third-order valence-electron chi connectivity index (χ3n) is 1.11. The molecule has 0 saturated carbocycles. The summed E-state index contributed by atoms with van der Waals surface area (Å²) in [5.74, 6) is -0.684. The molecule has 0 amide bonds. The standard InChI is InChI=1S/C8H8O2Te/c9-8(10)6-11-7-4-2-1-3-5-7/h1-5H,6H2,(H,9,10). The molecule has 1 N–H and O–H groups in total. The van der Waals surface area contributed by atoms with Gasteiger partial charge in [0, 0.05) is 0 Å². The number of aliphatic carboxylic acids is 1. The summed E-state index contributed by atoms with van der Waals surface area (Å²) in [6, 6.07) is 9.82. The maximum absolute atomic E-state index is 10.2. The van der Waals surface area contributed by atoms with Crippen LogP contribution in [0.5, 0.6) is 0 Å². The van der Waals surface area contributed by atoms with Gasteiger partial charge in [-0.2, -0.15) is 0 Å². The van der Waals surface area contributed by atoms with Crippen LogP contribution in [0.3, 0.4) is 0 Å². The minimum absolute atomic E-state index is 0.342. The molecule has 0 aromatic heterocycles. The number of carbonyl (C=O) groups is 1. The van der Waals surface area contributed by atoms with Crippen LogP contribution in [0.25, 0.3) is 0 Å². The van der Waals surface area contributed by atoms with E-state index in [1.165, 1.54) is 3.61 Å². The Balaban J connectivity index is 2.45. The summed E-state index contributed by atoms with van der Waals surface area (Å²) in [5, 5.41) is 8.41. The molecule has 0 aliphatic heterocycles. The Morgan fingerprint density at radius 1 is 1.36 bits per heavy atom. The van der Waals surface area contributed by atoms with Gasteiger partial charge in [0.05, 0.1) is 0 Å². The summed E-state index contributed by atoms with van der Waals surface area (Å²) in [5.41, 5.74) is 0. The molecule has 0 heterocycles. The van der Waals surface area contributed by atoms with Gasteiger partial charge in [-0.05, 0) is 0 Å². The van der Waals surface area contributed by atoms with E-state index in [1.54, 1.807) is 0 Å². The van der Waals surface area contributed by atoms with E-state index >= 15 is 0 Å². The van der Waals surface area contributed by atoms with Crippen molar-refractivity contribution in [2.45, 2.75) is 4.47 Å². The first-order valence-corrected chi connectivity index (χ1v) is 6.00. The molecule has 3 heteroatoms. The Morgan fingerprint density at radius 3 is 2.55 bits per heavy atom. The van der Waals surface area contributed by atoms with Crippen LogP contribution in [0, 0.1) is 0 Å². The zero-order valence-electron chi connectivity index (χ0n) is 5.86. The van der Waals surface area contributed by atoms with E-state index in [4.69, 9.17) is 5.11 Å². The Bertz CT molecular complexity index is 233. The van der Waals surface area contributed by atoms with Crippen molar-refractivity contribution in [3.8, 4) is 0 Å². The van der Waals surface area contributed by atoms with Crippen LogP contribution in [0.15, 0.2) is 30.3 Å². The first-order chi connectivity index (χ1) is 5.29. The van der Waals surface area contributed by atoms with Gasteiger partial charge in [-0.15, -0.1) is 0 Å². The van der Waals surface area contributed by atoms with E-state index in [0.717, 1.165) is 0 Å². The fraction of sp³-hybridized carbons (Fsp3) is 0.125. The van der Waals surface area contributed by atoms with Crippen molar-refractivity contribution >= 4 is 30.5 Å². The molecule has 1 aromatic rings. The summed E-state index contributed by atoms with van der Waals surface area (Å²) in [6.45, 7) is 0. The Hall–Kier alpha value is -0.520. The van der Waals surface area contributed by atoms with Crippen molar-refractivity contribution in [1.82, 2.24) is 0 Å². The number of hydrogen-bond acceptors (Lipinski definition) is 1. The van der Waals surface area contributed by atoms with E-state index in [0.29, 0.717) is 4.47 Å². The average molecular weight is 264 g/mol. The van der Waals surface area contributed by atoms with Crippen LogP contribution in [0.4, 0.5) is 0 Å². The number of hydrogen-bond donors (Lipinski definition) is 1. The summed E-state index contributed by atoms with van der Waals surface area (Å²) in [4.78, 5) is 10.2. The van der Waals surface area contributed by atoms with Gasteiger partial charge in [0.25, 0.3) is 0 Å². The molecule has 0 aliphatic rings. The fourth-order valence-electron chi connectivity index (χ4n) is 0.662. The topological polar surface area (TPSA) is 37.3 Å². The summed E-state index contributed by atoms with van der Waals surface area (Å²) < 4.78 is 1.55. The third kappa shape index (κ3) is 3.41. The van der Waals surface area contributed by atoms with Crippen molar-refractivity contribution in [2.24, 2.45) is 0 Å². The van der Waals surface area contributed by atoms with Crippen LogP contribution >= 0.6 is 0 Å². The maximum atomic E-state index is 10.2. The normalized spacial score (nSPS) is 9.45. The van der Waals surface area contributed by atoms with Gasteiger partial charge in [0.2, 0.25) is 0 Å². The first-order valence-electron chi connectivity index (χ1n) is 3.18. The van der Waals surface area contributed by atoms with Crippen LogP contribution in [0.1, 0.15) is 0 Å². The van der Waals surface area contributed by atoms with Crippen LogP contribution in [-0.2, 0) is 4.79 Å². The summed E-state index contributed by atoms with van der Waals surface area (Å²) in [6.07, 6.45) is 0. The van der Waals surface area contributed by atoms with Gasteiger partial charge in [-0.1, -0.05) is 0 Å². The average Bonchev–Trinajstić information content (AvgIpc) is 2.03. The van der Waals surface area contributed by atoms with Crippen molar-refractivity contribution in [3.63, 3.8) is 0 Å². The molecule has 0 spiro atoms. The van der Waals surface area contributed by atoms with Crippen molar-refractivity contribution in [2.75, 3.05) is 0 Å². The van der Waals surface area contributed by atoms with Gasteiger partial charge in [0.1, 0.15) is 0 Å². The molecule has 0 fully saturated rings. The molecular weight excluding hydrogens is 256 g/mol. The van der Waals surface area contributed by atoms with Crippen molar-refractivity contribution in [3.05, 3.63) is 30.3 Å². The molecule has 0 saturated heterocycles. The van der Waals surface area contributed by atoms with Crippen LogP contribution in [-0.4, -0.2) is 32.0 Å². The second-order valence-corrected chi connectivity index (χ2v) is 4.99. The predicted octanol–water partition coefficient (Wildman–Crippen LogP) is 0.519. The molecule has 0 bridgehead atoms. The molecule has 1 aromatic carbocycles. The monoisotopic (exact) mass is 266 g/mol. The number of rotatable bonds is 3. The number of carboxylic acid groups (broad SMARTS) is 1. The van der Waals surface area contributed by atoms with E-state index in [-0.39, 0.29) is 0 Å². The fourth-order valence-corrected chi connectivity index (χ4v) is 2.49. The van der Waals surface area contributed by atoms with Crippen molar-refractivity contribution in [1.29, 1.82) is 0 Å². The van der Waals surface area contributed by atoms with E-state index in [9.17, 15) is 4.79 Å². The molecule has 0 atom stereocenters. The summed E-state index contributed by atoms with van der Waals surface area (Å²) in [7, 11) is 0. The SMILES string of the molecule is O=C(O)C[Te]c1ccccc1. The second-order valence-electron chi connectivity index (χ2n) is 2.00. The van der Waals surface area contributed by atoms with E-state index < -0.39 is 26.9 Å². The molecular formula is C8H8O2Te. The molecule has 0 radical (unpaired) electrons. The van der Waals surface area contributed by atoms with Crippen LogP contribution < -0.4 is 3.61 Å². The number of carboxylic acids is 1. The van der Waals surface area contributed by atoms with Gasteiger partial charge < -0.3 is 0 Å². The van der Waals surface area contributed by atoms with Gasteiger partial charge in [-0.3, -0.25) is 0 Å². The molecule has 58 valence electrons. The van der Waals surface area contributed by atoms with Crippen molar-refractivity contribution < 1.29 is 9.90 Å². The predicted molar refractivity (Wildman–Crippen MR) is 44.3 cm³/mol. The zero-order valence-corrected chi connectivity index (χ0v) is 8.19. The Kier molecular flexibility index (Phi) is 3.41. The zero-order chi connectivity index (χ0) is 8.10. The molecule has 0 aliphatic carbocycles. The molecule has 1 rings (SSSR count).